The van der Waals surface area contributed by atoms with Gasteiger partial charge in [0, 0.05) is 7.11 Å². The molecule has 0 aromatic carbocycles. The molecule has 1 unspecified atom stereocenters. The molecule has 0 radical (unpaired) electrons. The molecule has 0 aliphatic rings. The second kappa shape index (κ2) is 6.85. The molecule has 0 aromatic heterocycles. The maximum absolute atomic E-state index is 11.7. The molecule has 0 spiro atoms. The number of ether oxygens (including phenoxy) is 3. The Kier molecular flexibility index (Phi) is 6.19. The van der Waals surface area contributed by atoms with Crippen LogP contribution in [0.25, 0.3) is 0 Å². The minimum atomic E-state index is -1.84. The molecule has 0 heterocycles. The van der Waals surface area contributed by atoms with Crippen LogP contribution in [0.1, 0.15) is 19.8 Å². The summed E-state index contributed by atoms with van der Waals surface area (Å²) in [4.78, 5) is 33.6. The van der Waals surface area contributed by atoms with Crippen LogP contribution >= 0.6 is 0 Å². The number of methoxy groups -OCH3 is 2. The topological polar surface area (TPSA) is 99.1 Å². The Morgan fingerprint density at radius 1 is 1.18 bits per heavy atom. The predicted molar refractivity (Wildman–Crippen MR) is 55.3 cm³/mol. The van der Waals surface area contributed by atoms with E-state index in [1.807, 2.05) is 0 Å². The fourth-order valence-electron chi connectivity index (χ4n) is 1.25. The molecule has 0 bridgehead atoms. The molecule has 0 rings (SSSR count). The lowest BCUT2D eigenvalue weighted by molar-refractivity contribution is -0.179. The van der Waals surface area contributed by atoms with Crippen LogP contribution in [0.3, 0.4) is 0 Å². The Morgan fingerprint density at radius 3 is 2.12 bits per heavy atom. The van der Waals surface area contributed by atoms with Gasteiger partial charge in [0.2, 0.25) is 0 Å². The summed E-state index contributed by atoms with van der Waals surface area (Å²) >= 11 is 0. The van der Waals surface area contributed by atoms with E-state index in [2.05, 4.69) is 4.74 Å². The minimum Gasteiger partial charge on any atom is -0.481 e. The van der Waals surface area contributed by atoms with E-state index in [4.69, 9.17) is 14.6 Å². The third-order valence-corrected chi connectivity index (χ3v) is 2.13. The normalized spacial score (nSPS) is 13.6. The van der Waals surface area contributed by atoms with E-state index < -0.39 is 36.4 Å². The highest BCUT2D eigenvalue weighted by atomic mass is 16.6. The number of carboxylic acids is 1. The van der Waals surface area contributed by atoms with Crippen LogP contribution < -0.4 is 0 Å². The molecule has 0 saturated carbocycles. The van der Waals surface area contributed by atoms with Crippen LogP contribution in [0, 0.1) is 0 Å². The number of carboxylic acid groups (broad SMARTS) is 1. The maximum Gasteiger partial charge on any atom is 0.339 e. The molecular weight excluding hydrogens is 232 g/mol. The smallest absolute Gasteiger partial charge is 0.339 e. The van der Waals surface area contributed by atoms with Crippen LogP contribution in [0.15, 0.2) is 0 Å². The zero-order valence-corrected chi connectivity index (χ0v) is 10.0. The van der Waals surface area contributed by atoms with E-state index >= 15 is 0 Å². The summed E-state index contributed by atoms with van der Waals surface area (Å²) < 4.78 is 14.0. The van der Waals surface area contributed by atoms with E-state index in [0.29, 0.717) is 0 Å². The molecule has 0 aromatic rings. The third-order valence-electron chi connectivity index (χ3n) is 2.13. The van der Waals surface area contributed by atoms with Crippen molar-refractivity contribution in [2.45, 2.75) is 25.4 Å². The summed E-state index contributed by atoms with van der Waals surface area (Å²) in [6.45, 7) is 1.63. The zero-order valence-electron chi connectivity index (χ0n) is 10.0. The van der Waals surface area contributed by atoms with Gasteiger partial charge in [-0.1, -0.05) is 0 Å². The van der Waals surface area contributed by atoms with Crippen LogP contribution in [-0.2, 0) is 28.6 Å². The lowest BCUT2D eigenvalue weighted by Crippen LogP contribution is -2.46. The molecule has 17 heavy (non-hydrogen) atoms. The number of esters is 2. The van der Waals surface area contributed by atoms with E-state index in [1.165, 1.54) is 0 Å². The fraction of sp³-hybridized carbons (Fsp3) is 0.700. The van der Waals surface area contributed by atoms with Gasteiger partial charge in [-0.3, -0.25) is 9.59 Å². The molecule has 98 valence electrons. The lowest BCUT2D eigenvalue weighted by Gasteiger charge is -2.27. The minimum absolute atomic E-state index is 0.0603. The number of hydrogen-bond donors (Lipinski definition) is 1. The number of hydrogen-bond acceptors (Lipinski definition) is 6. The molecule has 0 aliphatic carbocycles. The SMILES string of the molecule is CCOC(=O)C(CC(=O)O)(CC(=O)OC)OC. The molecule has 0 aliphatic heterocycles. The molecule has 7 heteroatoms. The number of aliphatic carboxylic acids is 1. The number of carbonyl (C=O) groups is 3. The van der Waals surface area contributed by atoms with Gasteiger partial charge in [-0.15, -0.1) is 0 Å². The van der Waals surface area contributed by atoms with Gasteiger partial charge in [-0.25, -0.2) is 4.79 Å². The highest BCUT2D eigenvalue weighted by molar-refractivity contribution is 5.89. The van der Waals surface area contributed by atoms with Gasteiger partial charge in [0.25, 0.3) is 0 Å². The molecule has 0 amide bonds. The quantitative estimate of drug-likeness (QED) is 0.631. The molecule has 1 atom stereocenters. The van der Waals surface area contributed by atoms with Crippen LogP contribution in [0.4, 0.5) is 0 Å². The molecule has 7 nitrogen and oxygen atoms in total. The molecule has 0 saturated heterocycles. The summed E-state index contributed by atoms with van der Waals surface area (Å²) in [5.41, 5.74) is -1.84. The Bertz CT molecular complexity index is 299. The van der Waals surface area contributed by atoms with Crippen molar-refractivity contribution in [1.29, 1.82) is 0 Å². The standard InChI is InChI=1S/C10H16O7/c1-4-17-9(14)10(16-3,5-7(11)12)6-8(13)15-2/h4-6H2,1-3H3,(H,11,12). The van der Waals surface area contributed by atoms with Gasteiger partial charge >= 0.3 is 17.9 Å². The Balaban J connectivity index is 5.05. The summed E-state index contributed by atoms with van der Waals surface area (Å²) in [7, 11) is 2.28. The average Bonchev–Trinajstić information content (AvgIpc) is 2.27. The van der Waals surface area contributed by atoms with E-state index in [-0.39, 0.29) is 6.61 Å². The highest BCUT2D eigenvalue weighted by Crippen LogP contribution is 2.23. The second-order valence-electron chi connectivity index (χ2n) is 3.24. The maximum atomic E-state index is 11.7. The zero-order chi connectivity index (χ0) is 13.5. The monoisotopic (exact) mass is 248 g/mol. The van der Waals surface area contributed by atoms with Gasteiger partial charge in [0.15, 0.2) is 5.60 Å². The van der Waals surface area contributed by atoms with Gasteiger partial charge < -0.3 is 19.3 Å². The van der Waals surface area contributed by atoms with E-state index in [9.17, 15) is 14.4 Å². The number of carbonyl (C=O) groups excluding carboxylic acids is 2. The highest BCUT2D eigenvalue weighted by Gasteiger charge is 2.45. The first-order valence-electron chi connectivity index (χ1n) is 4.92. The first kappa shape index (κ1) is 15.4. The van der Waals surface area contributed by atoms with Crippen molar-refractivity contribution in [3.05, 3.63) is 0 Å². The van der Waals surface area contributed by atoms with Gasteiger partial charge in [-0.05, 0) is 6.92 Å². The van der Waals surface area contributed by atoms with Gasteiger partial charge in [-0.2, -0.15) is 0 Å². The second-order valence-corrected chi connectivity index (χ2v) is 3.24. The summed E-state index contributed by atoms with van der Waals surface area (Å²) in [6, 6.07) is 0. The van der Waals surface area contributed by atoms with Gasteiger partial charge in [0.05, 0.1) is 26.6 Å². The first-order chi connectivity index (χ1) is 7.91. The third kappa shape index (κ3) is 4.39. The summed E-state index contributed by atoms with van der Waals surface area (Å²) in [5.74, 6) is -2.92. The van der Waals surface area contributed by atoms with Crippen LogP contribution in [-0.4, -0.2) is 49.4 Å². The summed E-state index contributed by atoms with van der Waals surface area (Å²) in [5, 5.41) is 8.74. The Labute approximate surface area is 98.6 Å². The van der Waals surface area contributed by atoms with Crippen molar-refractivity contribution in [2.24, 2.45) is 0 Å². The average molecular weight is 248 g/mol. The van der Waals surface area contributed by atoms with Crippen molar-refractivity contribution in [3.63, 3.8) is 0 Å². The molecular formula is C10H16O7. The predicted octanol–water partition coefficient (Wildman–Crippen LogP) is -0.0275. The van der Waals surface area contributed by atoms with E-state index in [1.54, 1.807) is 6.92 Å². The fourth-order valence-corrected chi connectivity index (χ4v) is 1.25. The number of rotatable bonds is 7. The Morgan fingerprint density at radius 2 is 1.76 bits per heavy atom. The van der Waals surface area contributed by atoms with Crippen molar-refractivity contribution in [1.82, 2.24) is 0 Å². The lowest BCUT2D eigenvalue weighted by atomic mass is 9.95. The van der Waals surface area contributed by atoms with Crippen molar-refractivity contribution in [3.8, 4) is 0 Å². The first-order valence-corrected chi connectivity index (χ1v) is 4.92. The van der Waals surface area contributed by atoms with Crippen LogP contribution in [0.2, 0.25) is 0 Å². The van der Waals surface area contributed by atoms with Gasteiger partial charge in [0.1, 0.15) is 0 Å². The molecule has 0 fully saturated rings. The van der Waals surface area contributed by atoms with Crippen molar-refractivity contribution in [2.75, 3.05) is 20.8 Å². The Hall–Kier alpha value is -1.63. The van der Waals surface area contributed by atoms with Crippen molar-refractivity contribution < 1.29 is 33.7 Å². The summed E-state index contributed by atoms with van der Waals surface area (Å²) in [6.07, 6.45) is -1.18. The molecule has 1 N–H and O–H groups in total. The van der Waals surface area contributed by atoms with E-state index in [0.717, 1.165) is 14.2 Å². The van der Waals surface area contributed by atoms with Crippen LogP contribution in [0.5, 0.6) is 0 Å². The van der Waals surface area contributed by atoms with Crippen molar-refractivity contribution >= 4 is 17.9 Å². The largest absolute Gasteiger partial charge is 0.481 e.